The molecule has 1 unspecified atom stereocenters. The fourth-order valence-electron chi connectivity index (χ4n) is 3.23. The van der Waals surface area contributed by atoms with Gasteiger partial charge in [0.25, 0.3) is 0 Å². The lowest BCUT2D eigenvalue weighted by Gasteiger charge is -2.37. The van der Waals surface area contributed by atoms with Gasteiger partial charge in [-0.15, -0.1) is 24.8 Å². The predicted molar refractivity (Wildman–Crippen MR) is 94.3 cm³/mol. The van der Waals surface area contributed by atoms with Crippen molar-refractivity contribution in [1.82, 2.24) is 15.1 Å². The first-order chi connectivity index (χ1) is 10.9. The summed E-state index contributed by atoms with van der Waals surface area (Å²) in [5.74, 6) is -0.00818. The summed E-state index contributed by atoms with van der Waals surface area (Å²) in [7, 11) is 0. The number of amides is 1. The summed E-state index contributed by atoms with van der Waals surface area (Å²) in [6, 6.07) is 7.72. The fraction of sp³-hybridized carbons (Fsp3) is 0.562. The SMILES string of the molecule is Cl.Cl.O=C(C1Cc2ccccc2CN1)N1CCN(CC(F)(F)F)CC1. The second-order valence-corrected chi connectivity index (χ2v) is 6.12. The van der Waals surface area contributed by atoms with Crippen LogP contribution in [0.3, 0.4) is 0 Å². The first-order valence-corrected chi connectivity index (χ1v) is 7.80. The minimum absolute atomic E-state index is 0. The molecule has 1 amide bonds. The maximum atomic E-state index is 12.6. The normalized spacial score (nSPS) is 20.9. The van der Waals surface area contributed by atoms with Crippen molar-refractivity contribution in [2.75, 3.05) is 32.7 Å². The average Bonchev–Trinajstić information content (AvgIpc) is 2.53. The average molecular weight is 400 g/mol. The number of alkyl halides is 3. The molecular formula is C16H22Cl2F3N3O. The molecule has 1 atom stereocenters. The van der Waals surface area contributed by atoms with E-state index in [9.17, 15) is 18.0 Å². The molecule has 4 nitrogen and oxygen atoms in total. The molecule has 142 valence electrons. The van der Waals surface area contributed by atoms with E-state index in [0.717, 1.165) is 0 Å². The molecule has 1 saturated heterocycles. The summed E-state index contributed by atoms with van der Waals surface area (Å²) in [5, 5.41) is 3.24. The number of carbonyl (C=O) groups is 1. The van der Waals surface area contributed by atoms with Crippen LogP contribution >= 0.6 is 24.8 Å². The quantitative estimate of drug-likeness (QED) is 0.828. The lowest BCUT2D eigenvalue weighted by atomic mass is 9.95. The van der Waals surface area contributed by atoms with E-state index in [1.807, 2.05) is 24.3 Å². The van der Waals surface area contributed by atoms with Crippen LogP contribution in [-0.4, -0.2) is 60.6 Å². The Hall–Kier alpha value is -1.02. The maximum Gasteiger partial charge on any atom is 0.401 e. The molecule has 1 aromatic carbocycles. The predicted octanol–water partition coefficient (Wildman–Crippen LogP) is 2.25. The smallest absolute Gasteiger partial charge is 0.339 e. The topological polar surface area (TPSA) is 35.6 Å². The van der Waals surface area contributed by atoms with E-state index in [0.29, 0.717) is 26.1 Å². The molecule has 25 heavy (non-hydrogen) atoms. The Labute approximate surface area is 157 Å². The van der Waals surface area contributed by atoms with Crippen LogP contribution in [0.2, 0.25) is 0 Å². The number of benzene rings is 1. The second-order valence-electron chi connectivity index (χ2n) is 6.12. The summed E-state index contributed by atoms with van der Waals surface area (Å²) in [5.41, 5.74) is 2.37. The molecule has 2 aliphatic rings. The first kappa shape index (κ1) is 22.0. The molecule has 2 heterocycles. The van der Waals surface area contributed by atoms with Gasteiger partial charge in [-0.2, -0.15) is 13.2 Å². The number of halogens is 5. The molecule has 0 radical (unpaired) electrons. The monoisotopic (exact) mass is 399 g/mol. The van der Waals surface area contributed by atoms with Gasteiger partial charge in [-0.05, 0) is 17.5 Å². The molecule has 1 N–H and O–H groups in total. The minimum atomic E-state index is -4.18. The van der Waals surface area contributed by atoms with Crippen molar-refractivity contribution in [3.8, 4) is 0 Å². The number of hydrogen-bond donors (Lipinski definition) is 1. The lowest BCUT2D eigenvalue weighted by Crippen LogP contribution is -2.56. The van der Waals surface area contributed by atoms with Crippen molar-refractivity contribution in [2.45, 2.75) is 25.2 Å². The van der Waals surface area contributed by atoms with Gasteiger partial charge < -0.3 is 10.2 Å². The third kappa shape index (κ3) is 5.74. The summed E-state index contributed by atoms with van der Waals surface area (Å²) >= 11 is 0. The standard InChI is InChI=1S/C16H20F3N3O.2ClH/c17-16(18,19)11-21-5-7-22(8-6-21)15(23)14-9-12-3-1-2-4-13(12)10-20-14;;/h1-4,14,20H,5-11H2;2*1H. The van der Waals surface area contributed by atoms with Crippen molar-refractivity contribution in [1.29, 1.82) is 0 Å². The molecule has 0 saturated carbocycles. The van der Waals surface area contributed by atoms with Crippen molar-refractivity contribution in [3.05, 3.63) is 35.4 Å². The molecular weight excluding hydrogens is 378 g/mol. The minimum Gasteiger partial charge on any atom is -0.339 e. The van der Waals surface area contributed by atoms with Gasteiger partial charge >= 0.3 is 6.18 Å². The number of nitrogens with one attached hydrogen (secondary N) is 1. The van der Waals surface area contributed by atoms with Crippen molar-refractivity contribution in [3.63, 3.8) is 0 Å². The Kier molecular flexibility index (Phi) is 7.99. The van der Waals surface area contributed by atoms with Crippen LogP contribution < -0.4 is 5.32 Å². The molecule has 2 aliphatic heterocycles. The molecule has 0 aromatic heterocycles. The molecule has 0 aliphatic carbocycles. The highest BCUT2D eigenvalue weighted by atomic mass is 35.5. The van der Waals surface area contributed by atoms with E-state index in [1.165, 1.54) is 16.0 Å². The number of carbonyl (C=O) groups excluding carboxylic acids is 1. The van der Waals surface area contributed by atoms with E-state index in [1.54, 1.807) is 4.90 Å². The highest BCUT2D eigenvalue weighted by Crippen LogP contribution is 2.20. The van der Waals surface area contributed by atoms with Crippen LogP contribution in [0.1, 0.15) is 11.1 Å². The Morgan fingerprint density at radius 3 is 2.28 bits per heavy atom. The number of hydrogen-bond acceptors (Lipinski definition) is 3. The van der Waals surface area contributed by atoms with Crippen LogP contribution in [0.15, 0.2) is 24.3 Å². The first-order valence-electron chi connectivity index (χ1n) is 7.80. The Morgan fingerprint density at radius 2 is 1.68 bits per heavy atom. The summed E-state index contributed by atoms with van der Waals surface area (Å²) in [6.45, 7) is 1.01. The van der Waals surface area contributed by atoms with E-state index in [4.69, 9.17) is 0 Å². The summed E-state index contributed by atoms with van der Waals surface area (Å²) < 4.78 is 37.2. The van der Waals surface area contributed by atoms with Crippen molar-refractivity contribution < 1.29 is 18.0 Å². The number of nitrogens with zero attached hydrogens (tertiary/aromatic N) is 2. The number of piperazine rings is 1. The highest BCUT2D eigenvalue weighted by molar-refractivity contribution is 5.85. The van der Waals surface area contributed by atoms with E-state index >= 15 is 0 Å². The largest absolute Gasteiger partial charge is 0.401 e. The molecule has 3 rings (SSSR count). The molecule has 0 spiro atoms. The molecule has 0 bridgehead atoms. The van der Waals surface area contributed by atoms with Gasteiger partial charge in [0.15, 0.2) is 0 Å². The zero-order chi connectivity index (χ0) is 16.4. The zero-order valence-corrected chi connectivity index (χ0v) is 15.2. The van der Waals surface area contributed by atoms with Crippen LogP contribution in [0.5, 0.6) is 0 Å². The zero-order valence-electron chi connectivity index (χ0n) is 13.6. The van der Waals surface area contributed by atoms with Crippen LogP contribution in [-0.2, 0) is 17.8 Å². The molecule has 9 heteroatoms. The molecule has 1 aromatic rings. The molecule has 1 fully saturated rings. The van der Waals surface area contributed by atoms with Crippen LogP contribution in [0.4, 0.5) is 13.2 Å². The van der Waals surface area contributed by atoms with Gasteiger partial charge in [0, 0.05) is 32.7 Å². The Morgan fingerprint density at radius 1 is 1.08 bits per heavy atom. The van der Waals surface area contributed by atoms with E-state index < -0.39 is 12.7 Å². The van der Waals surface area contributed by atoms with Gasteiger partial charge in [-0.25, -0.2) is 0 Å². The highest BCUT2D eigenvalue weighted by Gasteiger charge is 2.34. The number of fused-ring (bicyclic) bond motifs is 1. The van der Waals surface area contributed by atoms with Crippen molar-refractivity contribution in [2.24, 2.45) is 0 Å². The van der Waals surface area contributed by atoms with Gasteiger partial charge in [0.1, 0.15) is 0 Å². The van der Waals surface area contributed by atoms with Crippen LogP contribution in [0.25, 0.3) is 0 Å². The Balaban J connectivity index is 0.00000156. The third-order valence-corrected chi connectivity index (χ3v) is 4.47. The summed E-state index contributed by atoms with van der Waals surface area (Å²) in [6.07, 6.45) is -3.54. The van der Waals surface area contributed by atoms with Gasteiger partial charge in [0.2, 0.25) is 5.91 Å². The Bertz CT molecular complexity index is 578. The second kappa shape index (κ2) is 9.07. The summed E-state index contributed by atoms with van der Waals surface area (Å²) in [4.78, 5) is 15.6. The lowest BCUT2D eigenvalue weighted by molar-refractivity contribution is -0.152. The fourth-order valence-corrected chi connectivity index (χ4v) is 3.23. The number of rotatable bonds is 2. The van der Waals surface area contributed by atoms with E-state index in [-0.39, 0.29) is 49.9 Å². The van der Waals surface area contributed by atoms with Crippen LogP contribution in [0, 0.1) is 0 Å². The maximum absolute atomic E-state index is 12.6. The van der Waals surface area contributed by atoms with Gasteiger partial charge in [-0.1, -0.05) is 24.3 Å². The third-order valence-electron chi connectivity index (χ3n) is 4.47. The van der Waals surface area contributed by atoms with Gasteiger partial charge in [-0.3, -0.25) is 9.69 Å². The van der Waals surface area contributed by atoms with Gasteiger partial charge in [0.05, 0.1) is 12.6 Å². The van der Waals surface area contributed by atoms with Crippen molar-refractivity contribution >= 4 is 30.7 Å². The van der Waals surface area contributed by atoms with E-state index in [2.05, 4.69) is 5.32 Å².